The highest BCUT2D eigenvalue weighted by Crippen LogP contribution is 2.29. The number of carbonyl (C=O) groups is 3. The van der Waals surface area contributed by atoms with Gasteiger partial charge in [-0.05, 0) is 67.3 Å². The maximum Gasteiger partial charge on any atom is 0.348 e. The highest BCUT2D eigenvalue weighted by Gasteiger charge is 2.21. The fraction of sp³-hybridized carbons (Fsp3) is 0.261. The van der Waals surface area contributed by atoms with Gasteiger partial charge in [0.15, 0.2) is 6.61 Å². The van der Waals surface area contributed by atoms with E-state index in [0.29, 0.717) is 29.3 Å². The number of ether oxygens (including phenoxy) is 2. The van der Waals surface area contributed by atoms with Crippen LogP contribution in [-0.2, 0) is 14.3 Å². The van der Waals surface area contributed by atoms with E-state index in [9.17, 15) is 14.4 Å². The smallest absolute Gasteiger partial charge is 0.348 e. The van der Waals surface area contributed by atoms with Crippen molar-refractivity contribution >= 4 is 50.6 Å². The van der Waals surface area contributed by atoms with Crippen LogP contribution in [0.1, 0.15) is 29.4 Å². The maximum absolute atomic E-state index is 12.3. The molecule has 1 N–H and O–H groups in total. The molecule has 2 heterocycles. The number of esters is 1. The SMILES string of the molecule is CCOC(=O)c1cc2cc(NC(=O)COc3ccc(N4CCCC4=O)cc3)ccc2s1. The number of thiophene rings is 1. The Kier molecular flexibility index (Phi) is 6.18. The summed E-state index contributed by atoms with van der Waals surface area (Å²) >= 11 is 1.35. The van der Waals surface area contributed by atoms with Gasteiger partial charge in [0, 0.05) is 29.0 Å². The zero-order chi connectivity index (χ0) is 21.8. The number of nitrogens with zero attached hydrogens (tertiary/aromatic N) is 1. The first kappa shape index (κ1) is 20.9. The van der Waals surface area contributed by atoms with Crippen LogP contribution < -0.4 is 15.0 Å². The largest absolute Gasteiger partial charge is 0.484 e. The molecule has 0 unspecified atom stereocenters. The van der Waals surface area contributed by atoms with Crippen LogP contribution in [0.4, 0.5) is 11.4 Å². The minimum Gasteiger partial charge on any atom is -0.484 e. The van der Waals surface area contributed by atoms with Gasteiger partial charge in [-0.2, -0.15) is 0 Å². The Hall–Kier alpha value is -3.39. The minimum atomic E-state index is -0.345. The summed E-state index contributed by atoms with van der Waals surface area (Å²) in [7, 11) is 0. The summed E-state index contributed by atoms with van der Waals surface area (Å²) in [6.45, 7) is 2.69. The van der Waals surface area contributed by atoms with Crippen LogP contribution >= 0.6 is 11.3 Å². The van der Waals surface area contributed by atoms with Gasteiger partial charge in [-0.1, -0.05) is 0 Å². The van der Waals surface area contributed by atoms with Crippen molar-refractivity contribution in [2.45, 2.75) is 19.8 Å². The predicted octanol–water partition coefficient (Wildman–Crippen LogP) is 4.22. The first-order valence-corrected chi connectivity index (χ1v) is 10.9. The lowest BCUT2D eigenvalue weighted by Crippen LogP contribution is -2.23. The number of anilines is 2. The number of rotatable bonds is 7. The summed E-state index contributed by atoms with van der Waals surface area (Å²) in [5, 5.41) is 3.66. The standard InChI is InChI=1S/C23H22N2O5S/c1-2-29-23(28)20-13-15-12-16(5-10-19(15)31-20)24-21(26)14-30-18-8-6-17(7-9-18)25-11-3-4-22(25)27/h5-10,12-13H,2-4,11,14H2,1H3,(H,24,26). The fourth-order valence-electron chi connectivity index (χ4n) is 3.41. The second kappa shape index (κ2) is 9.18. The van der Waals surface area contributed by atoms with Gasteiger partial charge in [-0.25, -0.2) is 4.79 Å². The van der Waals surface area contributed by atoms with Crippen LogP contribution in [0.25, 0.3) is 10.1 Å². The molecule has 0 radical (unpaired) electrons. The highest BCUT2D eigenvalue weighted by atomic mass is 32.1. The van der Waals surface area contributed by atoms with E-state index in [0.717, 1.165) is 28.7 Å². The van der Waals surface area contributed by atoms with Crippen molar-refractivity contribution < 1.29 is 23.9 Å². The second-order valence-electron chi connectivity index (χ2n) is 7.06. The van der Waals surface area contributed by atoms with Crippen LogP contribution in [0.3, 0.4) is 0 Å². The van der Waals surface area contributed by atoms with Crippen molar-refractivity contribution in [2.75, 3.05) is 30.0 Å². The van der Waals surface area contributed by atoms with E-state index < -0.39 is 0 Å². The van der Waals surface area contributed by atoms with E-state index in [-0.39, 0.29) is 24.4 Å². The predicted molar refractivity (Wildman–Crippen MR) is 120 cm³/mol. The van der Waals surface area contributed by atoms with Crippen molar-refractivity contribution in [1.29, 1.82) is 0 Å². The van der Waals surface area contributed by atoms with Gasteiger partial charge in [0.2, 0.25) is 5.91 Å². The molecule has 1 fully saturated rings. The van der Waals surface area contributed by atoms with Crippen molar-refractivity contribution in [3.05, 3.63) is 53.4 Å². The van der Waals surface area contributed by atoms with E-state index in [1.807, 2.05) is 24.3 Å². The molecule has 1 aliphatic rings. The number of amides is 2. The Morgan fingerprint density at radius 3 is 2.65 bits per heavy atom. The summed E-state index contributed by atoms with van der Waals surface area (Å²) in [4.78, 5) is 38.3. The Morgan fingerprint density at radius 1 is 1.13 bits per heavy atom. The maximum atomic E-state index is 12.3. The average Bonchev–Trinajstić information content (AvgIpc) is 3.38. The Balaban J connectivity index is 1.33. The van der Waals surface area contributed by atoms with Gasteiger partial charge in [0.1, 0.15) is 10.6 Å². The molecule has 2 aromatic carbocycles. The summed E-state index contributed by atoms with van der Waals surface area (Å²) < 4.78 is 11.5. The summed E-state index contributed by atoms with van der Waals surface area (Å²) in [5.41, 5.74) is 1.46. The molecule has 160 valence electrons. The third kappa shape index (κ3) is 4.86. The van der Waals surface area contributed by atoms with Crippen LogP contribution in [0.15, 0.2) is 48.5 Å². The van der Waals surface area contributed by atoms with Gasteiger partial charge in [0.25, 0.3) is 5.91 Å². The van der Waals surface area contributed by atoms with Crippen molar-refractivity contribution in [1.82, 2.24) is 0 Å². The van der Waals surface area contributed by atoms with Crippen LogP contribution in [0.2, 0.25) is 0 Å². The number of nitrogens with one attached hydrogen (secondary N) is 1. The molecule has 2 amide bonds. The third-order valence-electron chi connectivity index (χ3n) is 4.87. The van der Waals surface area contributed by atoms with E-state index in [1.165, 1.54) is 11.3 Å². The fourth-order valence-corrected chi connectivity index (χ4v) is 4.35. The van der Waals surface area contributed by atoms with E-state index >= 15 is 0 Å². The van der Waals surface area contributed by atoms with Gasteiger partial charge in [0.05, 0.1) is 6.61 Å². The molecule has 0 spiro atoms. The molecule has 0 atom stereocenters. The van der Waals surface area contributed by atoms with Crippen LogP contribution in [0.5, 0.6) is 5.75 Å². The molecule has 1 saturated heterocycles. The Labute approximate surface area is 183 Å². The highest BCUT2D eigenvalue weighted by molar-refractivity contribution is 7.20. The van der Waals surface area contributed by atoms with Gasteiger partial charge in [-0.3, -0.25) is 9.59 Å². The van der Waals surface area contributed by atoms with Crippen molar-refractivity contribution in [3.8, 4) is 5.75 Å². The lowest BCUT2D eigenvalue weighted by atomic mass is 10.2. The average molecular weight is 439 g/mol. The monoisotopic (exact) mass is 438 g/mol. The third-order valence-corrected chi connectivity index (χ3v) is 5.96. The van der Waals surface area contributed by atoms with E-state index in [1.54, 1.807) is 36.1 Å². The molecule has 1 aromatic heterocycles. The molecule has 1 aliphatic heterocycles. The molecule has 0 aliphatic carbocycles. The number of fused-ring (bicyclic) bond motifs is 1. The number of hydrogen-bond donors (Lipinski definition) is 1. The number of carbonyl (C=O) groups excluding carboxylic acids is 3. The topological polar surface area (TPSA) is 84.9 Å². The first-order chi connectivity index (χ1) is 15.0. The van der Waals surface area contributed by atoms with Crippen molar-refractivity contribution in [3.63, 3.8) is 0 Å². The second-order valence-corrected chi connectivity index (χ2v) is 8.15. The van der Waals surface area contributed by atoms with E-state index in [4.69, 9.17) is 9.47 Å². The Morgan fingerprint density at radius 2 is 1.94 bits per heavy atom. The van der Waals surface area contributed by atoms with Crippen molar-refractivity contribution in [2.24, 2.45) is 0 Å². The number of hydrogen-bond acceptors (Lipinski definition) is 6. The van der Waals surface area contributed by atoms with Gasteiger partial charge < -0.3 is 19.7 Å². The molecule has 8 heteroatoms. The summed E-state index contributed by atoms with van der Waals surface area (Å²) in [5.74, 6) is 0.0460. The zero-order valence-corrected chi connectivity index (χ0v) is 17.9. The molecular formula is C23H22N2O5S. The molecule has 3 aromatic rings. The molecule has 31 heavy (non-hydrogen) atoms. The molecule has 7 nitrogen and oxygen atoms in total. The lowest BCUT2D eigenvalue weighted by molar-refractivity contribution is -0.118. The molecule has 4 rings (SSSR count). The molecule has 0 saturated carbocycles. The van der Waals surface area contributed by atoms with Crippen LogP contribution in [0, 0.1) is 0 Å². The van der Waals surface area contributed by atoms with Gasteiger partial charge in [-0.15, -0.1) is 11.3 Å². The normalized spacial score (nSPS) is 13.5. The van der Waals surface area contributed by atoms with Crippen LogP contribution in [-0.4, -0.2) is 37.5 Å². The quantitative estimate of drug-likeness (QED) is 0.558. The lowest BCUT2D eigenvalue weighted by Gasteiger charge is -2.16. The summed E-state index contributed by atoms with van der Waals surface area (Å²) in [6.07, 6.45) is 1.46. The minimum absolute atomic E-state index is 0.130. The summed E-state index contributed by atoms with van der Waals surface area (Å²) in [6, 6.07) is 14.4. The molecule has 0 bridgehead atoms. The first-order valence-electron chi connectivity index (χ1n) is 10.1. The number of benzene rings is 2. The van der Waals surface area contributed by atoms with E-state index in [2.05, 4.69) is 5.32 Å². The Bertz CT molecular complexity index is 1120. The zero-order valence-electron chi connectivity index (χ0n) is 17.1. The molecular weight excluding hydrogens is 416 g/mol. The van der Waals surface area contributed by atoms with Gasteiger partial charge >= 0.3 is 5.97 Å².